The predicted octanol–water partition coefficient (Wildman–Crippen LogP) is 3.54. The molecule has 1 aliphatic rings. The van der Waals surface area contributed by atoms with E-state index in [-0.39, 0.29) is 5.69 Å². The Morgan fingerprint density at radius 3 is 2.50 bits per heavy atom. The van der Waals surface area contributed by atoms with Gasteiger partial charge in [-0.15, -0.1) is 0 Å². The maximum atomic E-state index is 13.7. The van der Waals surface area contributed by atoms with Crippen molar-refractivity contribution in [1.29, 1.82) is 0 Å². The lowest BCUT2D eigenvalue weighted by molar-refractivity contribution is -0.123. The number of benzene rings is 2. The van der Waals surface area contributed by atoms with Crippen LogP contribution < -0.4 is 14.4 Å². The number of hydrogen-bond acceptors (Lipinski definition) is 4. The minimum Gasteiger partial charge on any atom is -0.487 e. The Labute approximate surface area is 174 Å². The zero-order valence-corrected chi connectivity index (χ0v) is 18.0. The molecule has 9 heteroatoms. The standard InChI is InChI=1S/C21H24F2N2O4S/c1-13(25(30(4,27)28)14-9-10-16(22)17(23)11-14)20(26)24-18-12-21(2,3)29-19-8-6-5-7-15(18)19/h5-11,13,18H,12H2,1-4H3,(H,24,26)/t13-,18-/m1/s1. The molecule has 0 aliphatic carbocycles. The molecule has 2 aromatic rings. The molecule has 1 heterocycles. The lowest BCUT2D eigenvalue weighted by Crippen LogP contribution is -2.50. The molecular weight excluding hydrogens is 414 g/mol. The Balaban J connectivity index is 1.90. The highest BCUT2D eigenvalue weighted by Gasteiger charge is 2.37. The highest BCUT2D eigenvalue weighted by molar-refractivity contribution is 7.92. The largest absolute Gasteiger partial charge is 0.487 e. The van der Waals surface area contributed by atoms with Gasteiger partial charge >= 0.3 is 0 Å². The summed E-state index contributed by atoms with van der Waals surface area (Å²) in [4.78, 5) is 13.0. The summed E-state index contributed by atoms with van der Waals surface area (Å²) in [5, 5.41) is 2.89. The maximum Gasteiger partial charge on any atom is 0.244 e. The first-order valence-electron chi connectivity index (χ1n) is 9.42. The molecular formula is C21H24F2N2O4S. The van der Waals surface area contributed by atoms with E-state index in [2.05, 4.69) is 5.32 Å². The molecule has 0 bridgehead atoms. The second-order valence-corrected chi connectivity index (χ2v) is 9.86. The van der Waals surface area contributed by atoms with Gasteiger partial charge in [-0.05, 0) is 39.0 Å². The summed E-state index contributed by atoms with van der Waals surface area (Å²) < 4.78 is 58.5. The third-order valence-electron chi connectivity index (χ3n) is 4.94. The zero-order chi connectivity index (χ0) is 22.3. The number of para-hydroxylation sites is 1. The van der Waals surface area contributed by atoms with Gasteiger partial charge in [0.15, 0.2) is 11.6 Å². The van der Waals surface area contributed by atoms with E-state index in [1.165, 1.54) is 6.92 Å². The van der Waals surface area contributed by atoms with Crippen LogP contribution in [0.25, 0.3) is 0 Å². The van der Waals surface area contributed by atoms with Crippen LogP contribution in [-0.2, 0) is 14.8 Å². The number of hydrogen-bond donors (Lipinski definition) is 1. The highest BCUT2D eigenvalue weighted by Crippen LogP contribution is 2.39. The summed E-state index contributed by atoms with van der Waals surface area (Å²) >= 11 is 0. The third-order valence-corrected chi connectivity index (χ3v) is 6.18. The van der Waals surface area contributed by atoms with Crippen molar-refractivity contribution in [2.45, 2.75) is 44.9 Å². The molecule has 2 aromatic carbocycles. The predicted molar refractivity (Wildman–Crippen MR) is 110 cm³/mol. The topological polar surface area (TPSA) is 75.7 Å². The lowest BCUT2D eigenvalue weighted by Gasteiger charge is -2.38. The van der Waals surface area contributed by atoms with E-state index in [1.807, 2.05) is 38.1 Å². The molecule has 1 aliphatic heterocycles. The van der Waals surface area contributed by atoms with Crippen molar-refractivity contribution in [2.24, 2.45) is 0 Å². The fourth-order valence-electron chi connectivity index (χ4n) is 3.65. The number of carbonyl (C=O) groups is 1. The van der Waals surface area contributed by atoms with Gasteiger partial charge in [0.05, 0.1) is 18.0 Å². The van der Waals surface area contributed by atoms with Crippen molar-refractivity contribution in [1.82, 2.24) is 5.32 Å². The van der Waals surface area contributed by atoms with Crippen LogP contribution in [0.3, 0.4) is 0 Å². The maximum absolute atomic E-state index is 13.7. The van der Waals surface area contributed by atoms with Crippen molar-refractivity contribution < 1.29 is 26.7 Å². The van der Waals surface area contributed by atoms with Crippen molar-refractivity contribution in [3.63, 3.8) is 0 Å². The first kappa shape index (κ1) is 22.0. The zero-order valence-electron chi connectivity index (χ0n) is 17.1. The van der Waals surface area contributed by atoms with Gasteiger partial charge in [0.1, 0.15) is 17.4 Å². The van der Waals surface area contributed by atoms with Crippen LogP contribution in [0.2, 0.25) is 0 Å². The molecule has 0 saturated carbocycles. The monoisotopic (exact) mass is 438 g/mol. The molecule has 0 fully saturated rings. The first-order chi connectivity index (χ1) is 13.9. The van der Waals surface area contributed by atoms with Gasteiger partial charge < -0.3 is 10.1 Å². The van der Waals surface area contributed by atoms with Crippen molar-refractivity contribution >= 4 is 21.6 Å². The molecule has 1 N–H and O–H groups in total. The molecule has 6 nitrogen and oxygen atoms in total. The molecule has 3 rings (SSSR count). The number of sulfonamides is 1. The molecule has 0 spiro atoms. The molecule has 162 valence electrons. The first-order valence-corrected chi connectivity index (χ1v) is 11.3. The number of fused-ring (bicyclic) bond motifs is 1. The fourth-order valence-corrected chi connectivity index (χ4v) is 4.82. The van der Waals surface area contributed by atoms with Gasteiger partial charge in [-0.2, -0.15) is 0 Å². The van der Waals surface area contributed by atoms with Gasteiger partial charge in [0.25, 0.3) is 0 Å². The van der Waals surface area contributed by atoms with Gasteiger partial charge in [0.2, 0.25) is 15.9 Å². The van der Waals surface area contributed by atoms with Crippen LogP contribution in [0.4, 0.5) is 14.5 Å². The van der Waals surface area contributed by atoms with Crippen LogP contribution >= 0.6 is 0 Å². The van der Waals surface area contributed by atoms with Crippen LogP contribution in [-0.4, -0.2) is 32.2 Å². The molecule has 0 radical (unpaired) electrons. The normalized spacial score (nSPS) is 18.7. The van der Waals surface area contributed by atoms with E-state index < -0.39 is 45.2 Å². The van der Waals surface area contributed by atoms with E-state index in [1.54, 1.807) is 0 Å². The summed E-state index contributed by atoms with van der Waals surface area (Å²) in [5.41, 5.74) is 0.120. The number of amides is 1. The van der Waals surface area contributed by atoms with Crippen LogP contribution in [0, 0.1) is 11.6 Å². The second-order valence-electron chi connectivity index (χ2n) is 8.00. The number of halogens is 2. The summed E-state index contributed by atoms with van der Waals surface area (Å²) in [6.45, 7) is 5.19. The van der Waals surface area contributed by atoms with E-state index in [9.17, 15) is 22.0 Å². The average molecular weight is 438 g/mol. The molecule has 0 saturated heterocycles. The van der Waals surface area contributed by atoms with E-state index >= 15 is 0 Å². The van der Waals surface area contributed by atoms with Gasteiger partial charge in [-0.25, -0.2) is 17.2 Å². The van der Waals surface area contributed by atoms with Crippen molar-refractivity contribution in [3.05, 3.63) is 59.7 Å². The Bertz CT molecular complexity index is 1070. The summed E-state index contributed by atoms with van der Waals surface area (Å²) in [6, 6.07) is 8.42. The van der Waals surface area contributed by atoms with E-state index in [0.29, 0.717) is 12.2 Å². The van der Waals surface area contributed by atoms with E-state index in [0.717, 1.165) is 34.3 Å². The number of nitrogens with one attached hydrogen (secondary N) is 1. The number of rotatable bonds is 5. The second kappa shape index (κ2) is 7.86. The Morgan fingerprint density at radius 2 is 1.87 bits per heavy atom. The van der Waals surface area contributed by atoms with Gasteiger partial charge in [-0.3, -0.25) is 9.10 Å². The third kappa shape index (κ3) is 4.56. The summed E-state index contributed by atoms with van der Waals surface area (Å²) in [7, 11) is -3.96. The summed E-state index contributed by atoms with van der Waals surface area (Å²) in [5.74, 6) is -2.23. The average Bonchev–Trinajstić information content (AvgIpc) is 2.62. The number of anilines is 1. The minimum absolute atomic E-state index is 0.133. The van der Waals surface area contributed by atoms with E-state index in [4.69, 9.17) is 4.74 Å². The SMILES string of the molecule is C[C@H](C(=O)N[C@@H]1CC(C)(C)Oc2ccccc21)N(c1ccc(F)c(F)c1)S(C)(=O)=O. The Hall–Kier alpha value is -2.68. The number of ether oxygens (including phenoxy) is 1. The Kier molecular flexibility index (Phi) is 5.77. The number of nitrogens with zero attached hydrogens (tertiary/aromatic N) is 1. The molecule has 2 atom stereocenters. The van der Waals surface area contributed by atoms with Gasteiger partial charge in [0, 0.05) is 18.1 Å². The van der Waals surface area contributed by atoms with Crippen molar-refractivity contribution in [2.75, 3.05) is 10.6 Å². The molecule has 0 unspecified atom stereocenters. The molecule has 0 aromatic heterocycles. The van der Waals surface area contributed by atoms with Crippen molar-refractivity contribution in [3.8, 4) is 5.75 Å². The van der Waals surface area contributed by atoms with Crippen LogP contribution in [0.1, 0.15) is 38.8 Å². The molecule has 1 amide bonds. The quantitative estimate of drug-likeness (QED) is 0.775. The van der Waals surface area contributed by atoms with Crippen LogP contribution in [0.5, 0.6) is 5.75 Å². The molecule has 30 heavy (non-hydrogen) atoms. The summed E-state index contributed by atoms with van der Waals surface area (Å²) in [6.07, 6.45) is 1.39. The Morgan fingerprint density at radius 1 is 1.20 bits per heavy atom. The van der Waals surface area contributed by atoms with Gasteiger partial charge in [-0.1, -0.05) is 18.2 Å². The number of carbonyl (C=O) groups excluding carboxylic acids is 1. The minimum atomic E-state index is -3.96. The highest BCUT2D eigenvalue weighted by atomic mass is 32.2. The van der Waals surface area contributed by atoms with Crippen LogP contribution in [0.15, 0.2) is 42.5 Å². The fraction of sp³-hybridized carbons (Fsp3) is 0.381. The lowest BCUT2D eigenvalue weighted by atomic mass is 9.89. The smallest absolute Gasteiger partial charge is 0.244 e.